The SMILES string of the molecule is CN(C)P(C)(=N[P+](N=P(C)(C)C)(N=P(C)(N(C)C)N(C)C)N=P(N(C)C)(N(C)C)N(C)CCO)N(C)C.CN(C)P(C)(=N[P+](N=P(C)(C)C)(N=P(C)(N(C)C)N(C)C)N=P(NCCO[Si](C)(C)C(C)(C)C)(N(C)C)N(C)C)N(C)C.[Cl-].[I-]. The van der Waals surface area contributed by atoms with Crippen LogP contribution in [-0.4, -0.2) is 343 Å². The van der Waals surface area contributed by atoms with Gasteiger partial charge in [0.15, 0.2) is 8.32 Å². The lowest BCUT2D eigenvalue weighted by Gasteiger charge is -2.41. The highest BCUT2D eigenvalue weighted by Gasteiger charge is 2.54. The summed E-state index contributed by atoms with van der Waals surface area (Å²) in [5.74, 6) is 0. The van der Waals surface area contributed by atoms with E-state index in [0.717, 1.165) is 0 Å². The van der Waals surface area contributed by atoms with Crippen molar-refractivity contribution < 1.29 is 45.9 Å². The normalized spacial score (nSPS) is 14.5. The Labute approximate surface area is 534 Å². The second-order valence-electron chi connectivity index (χ2n) is 26.0. The first kappa shape index (κ1) is 91.7. The Morgan fingerprint density at radius 1 is 0.415 bits per heavy atom. The van der Waals surface area contributed by atoms with Crippen molar-refractivity contribution >= 4 is 82.6 Å². The summed E-state index contributed by atoms with van der Waals surface area (Å²) in [7, 11) is 26.9. The van der Waals surface area contributed by atoms with Gasteiger partial charge in [-0.1, -0.05) is 29.8 Å². The molecule has 0 heterocycles. The van der Waals surface area contributed by atoms with Gasteiger partial charge in [0.1, 0.15) is 29.4 Å². The van der Waals surface area contributed by atoms with Gasteiger partial charge >= 0.3 is 15.7 Å². The van der Waals surface area contributed by atoms with E-state index in [0.29, 0.717) is 19.7 Å². The second kappa shape index (κ2) is 35.5. The van der Waals surface area contributed by atoms with Crippen molar-refractivity contribution in [2.75, 3.05) is 269 Å². The molecule has 0 atom stereocenters. The summed E-state index contributed by atoms with van der Waals surface area (Å²) in [5.41, 5.74) is 0. The van der Waals surface area contributed by atoms with Crippen molar-refractivity contribution in [3.63, 3.8) is 0 Å². The van der Waals surface area contributed by atoms with Crippen LogP contribution < -0.4 is 41.5 Å². The van der Waals surface area contributed by atoms with Crippen LogP contribution in [0.2, 0.25) is 18.1 Å². The maximum atomic E-state index is 9.94. The summed E-state index contributed by atoms with van der Waals surface area (Å²) in [5, 5.41) is 14.0. The highest BCUT2D eigenvalue weighted by atomic mass is 127. The summed E-state index contributed by atoms with van der Waals surface area (Å²) in [6, 6.07) is 0. The quantitative estimate of drug-likeness (QED) is 0.0344. The molecule has 0 aromatic heterocycles. The molecule has 0 saturated heterocycles. The number of hydrogen-bond donors (Lipinski definition) is 2. The molecular weight excluding hydrogens is 1380 g/mol. The van der Waals surface area contributed by atoms with E-state index in [1.54, 1.807) is 0 Å². The summed E-state index contributed by atoms with van der Waals surface area (Å²) in [6.07, 6.45) is 0. The van der Waals surface area contributed by atoms with E-state index >= 15 is 0 Å². The number of nitrogens with zero attached hydrogens (tertiary/aromatic N) is 21. The maximum Gasteiger partial charge on any atom is 0.496 e. The first-order valence-electron chi connectivity index (χ1n) is 26.9. The lowest BCUT2D eigenvalue weighted by Crippen LogP contribution is -3.00. The van der Waals surface area contributed by atoms with Crippen LogP contribution in [0.4, 0.5) is 0 Å². The zero-order chi connectivity index (χ0) is 64.4. The second-order valence-corrected chi connectivity index (χ2v) is 66.2. The molecule has 0 aliphatic carbocycles. The Bertz CT molecular complexity index is 2290. The van der Waals surface area contributed by atoms with E-state index in [9.17, 15) is 5.11 Å². The van der Waals surface area contributed by atoms with Crippen molar-refractivity contribution in [3.8, 4) is 0 Å². The van der Waals surface area contributed by atoms with E-state index in [4.69, 9.17) is 40.5 Å². The van der Waals surface area contributed by atoms with E-state index in [2.05, 4.69) is 335 Å². The Morgan fingerprint density at radius 3 is 0.866 bits per heavy atom. The number of nitrogens with one attached hydrogen (secondary N) is 1. The molecule has 0 unspecified atom stereocenters. The average Bonchev–Trinajstić information content (AvgIpc) is 3.24. The van der Waals surface area contributed by atoms with Gasteiger partial charge in [-0.2, -0.15) is 0 Å². The highest BCUT2D eigenvalue weighted by molar-refractivity contribution is 7.89. The molecule has 0 radical (unpaired) electrons. The number of halogens is 2. The van der Waals surface area contributed by atoms with Crippen LogP contribution in [0.1, 0.15) is 20.8 Å². The third-order valence-electron chi connectivity index (χ3n) is 14.2. The summed E-state index contributed by atoms with van der Waals surface area (Å²) in [4.78, 5) is 0. The van der Waals surface area contributed by atoms with Gasteiger partial charge in [-0.15, -0.1) is 0 Å². The fourth-order valence-corrected chi connectivity index (χ4v) is 44.9. The molecule has 37 heteroatoms. The molecule has 0 rings (SSSR count). The predicted octanol–water partition coefficient (Wildman–Crippen LogP) is 7.33. The van der Waals surface area contributed by atoms with E-state index in [-0.39, 0.29) is 48.0 Å². The Kier molecular flexibility index (Phi) is 39.7. The van der Waals surface area contributed by atoms with Gasteiger partial charge < -0.3 is 45.9 Å². The van der Waals surface area contributed by atoms with Crippen LogP contribution >= 0.6 is 74.3 Å². The molecule has 0 saturated carbocycles. The number of likely N-dealkylation sites (N-methyl/N-ethyl adjacent to an activating group) is 1. The molecule has 0 aliphatic rings. The van der Waals surface area contributed by atoms with Crippen LogP contribution in [-0.2, 0) is 4.43 Å². The topological polar surface area (TPSA) is 182 Å². The Balaban J connectivity index is -0.000000732. The summed E-state index contributed by atoms with van der Waals surface area (Å²) in [6.45, 7) is 35.6. The van der Waals surface area contributed by atoms with Crippen molar-refractivity contribution in [3.05, 3.63) is 0 Å². The smallest absolute Gasteiger partial charge is 0.496 e. The van der Waals surface area contributed by atoms with Gasteiger partial charge in [-0.05, 0) is 261 Å². The van der Waals surface area contributed by atoms with Gasteiger partial charge in [-0.25, -0.2) is 23.4 Å². The van der Waals surface area contributed by atoms with E-state index in [1.165, 1.54) is 0 Å². The lowest BCUT2D eigenvalue weighted by molar-refractivity contribution is -0.00100. The van der Waals surface area contributed by atoms with Crippen molar-refractivity contribution in [1.82, 2.24) is 65.8 Å². The highest BCUT2D eigenvalue weighted by Crippen LogP contribution is 2.85. The third-order valence-corrected chi connectivity index (χ3v) is 56.4. The van der Waals surface area contributed by atoms with Crippen molar-refractivity contribution in [2.24, 2.45) is 36.1 Å². The maximum absolute atomic E-state index is 9.94. The van der Waals surface area contributed by atoms with Gasteiger partial charge in [0.05, 0.1) is 6.61 Å². The monoisotopic (exact) mass is 1510 g/mol. The fraction of sp³-hybridized carbons (Fsp3) is 1.00. The number of hydrogen-bond acceptors (Lipinski definition) is 10. The average molecular weight is 1510 g/mol. The van der Waals surface area contributed by atoms with Crippen LogP contribution in [0.25, 0.3) is 0 Å². The minimum atomic E-state index is -3.06. The zero-order valence-electron chi connectivity index (χ0n) is 59.8. The number of aliphatic hydroxyl groups excluding tert-OH is 1. The van der Waals surface area contributed by atoms with E-state index in [1.807, 2.05) is 7.05 Å². The first-order chi connectivity index (χ1) is 35.4. The molecule has 0 bridgehead atoms. The molecular formula is C45H130ClIN22O2P10Si. The van der Waals surface area contributed by atoms with Crippen molar-refractivity contribution in [1.29, 1.82) is 0 Å². The lowest BCUT2D eigenvalue weighted by atomic mass is 10.2. The predicted molar refractivity (Wildman–Crippen MR) is 383 cm³/mol. The van der Waals surface area contributed by atoms with Crippen molar-refractivity contribution in [2.45, 2.75) is 38.9 Å². The van der Waals surface area contributed by atoms with Crippen LogP contribution in [0.15, 0.2) is 36.1 Å². The van der Waals surface area contributed by atoms with Gasteiger partial charge in [0, 0.05) is 60.5 Å². The van der Waals surface area contributed by atoms with Crippen LogP contribution in [0, 0.1) is 0 Å². The van der Waals surface area contributed by atoms with Gasteiger partial charge in [0.25, 0.3) is 0 Å². The number of aliphatic hydroxyl groups is 1. The molecule has 2 N–H and O–H groups in total. The molecule has 0 spiro atoms. The Morgan fingerprint density at radius 2 is 0.671 bits per heavy atom. The molecule has 500 valence electrons. The minimum absolute atomic E-state index is 0. The minimum Gasteiger partial charge on any atom is -1.00 e. The fourth-order valence-electron chi connectivity index (χ4n) is 7.27. The summed E-state index contributed by atoms with van der Waals surface area (Å²) >= 11 is 0. The molecule has 0 aromatic carbocycles. The standard InChI is InChI=1S/C25H71N11OP5Si.C20H59N11OP5.ClH.HI/c1-25(2,3)43(21,22)37-24-23-26-42(35(12)13,36(14)15)30-41(27-38(16,17)18,28-39(19,31(4)5)32(6)7)29-40(20,33(8)9)34(10)11;1-25(2)34(17,26(3)4)22-36(21-33(14,15)16,23-35(18,27(5)6)28(7)8)24-37(29(9)10,30(11)12)31(13)19-20-32;;/h26H,23-24H2,1-22H3;32H,19-20H2,1-18H3;2*1H/q2*+1;;/p-2. The molecule has 0 aromatic rings. The van der Waals surface area contributed by atoms with Gasteiger partial charge in [-0.3, -0.25) is 42.5 Å². The molecule has 0 aliphatic heterocycles. The summed E-state index contributed by atoms with van der Waals surface area (Å²) < 4.78 is 81.5. The largest absolute Gasteiger partial charge is 1.00 e. The van der Waals surface area contributed by atoms with Crippen LogP contribution in [0.3, 0.4) is 0 Å². The third kappa shape index (κ3) is 25.0. The molecule has 82 heavy (non-hydrogen) atoms. The van der Waals surface area contributed by atoms with Crippen LogP contribution in [0.5, 0.6) is 0 Å². The molecule has 0 amide bonds. The molecule has 24 nitrogen and oxygen atoms in total. The Hall–Kier alpha value is 3.30. The number of rotatable bonds is 28. The van der Waals surface area contributed by atoms with E-state index < -0.39 is 82.6 Å². The van der Waals surface area contributed by atoms with Gasteiger partial charge in [0.2, 0.25) is 15.0 Å². The molecule has 0 fully saturated rings. The zero-order valence-corrected chi connectivity index (χ0v) is 72.7. The first-order valence-corrected chi connectivity index (χ1v) is 50.8.